The molecule has 1 aromatic heterocycles. The molecule has 1 atom stereocenters. The van der Waals surface area contributed by atoms with Gasteiger partial charge in [0.05, 0.1) is 22.7 Å². The summed E-state index contributed by atoms with van der Waals surface area (Å²) in [6.45, 7) is 0. The molecule has 2 aromatic rings. The Morgan fingerprint density at radius 2 is 2.24 bits per heavy atom. The summed E-state index contributed by atoms with van der Waals surface area (Å²) in [5.41, 5.74) is 1.21. The minimum Gasteiger partial charge on any atom is -0.296 e. The van der Waals surface area contributed by atoms with Crippen molar-refractivity contribution >= 4 is 22.7 Å². The third-order valence-corrected chi connectivity index (χ3v) is 3.69. The molecule has 1 unspecified atom stereocenters. The number of piperidine rings is 1. The van der Waals surface area contributed by atoms with E-state index in [2.05, 4.69) is 16.3 Å². The fourth-order valence-corrected chi connectivity index (χ4v) is 2.63. The number of aryl methyl sites for hydroxylation is 1. The highest BCUT2D eigenvalue weighted by molar-refractivity contribution is 6.02. The monoisotopic (exact) mass is 285 g/mol. The van der Waals surface area contributed by atoms with Crippen LogP contribution >= 0.6 is 0 Å². The van der Waals surface area contributed by atoms with Gasteiger partial charge in [-0.2, -0.15) is 5.10 Å². The van der Waals surface area contributed by atoms with Crippen LogP contribution < -0.4 is 5.32 Å². The maximum absolute atomic E-state index is 13.8. The van der Waals surface area contributed by atoms with Gasteiger partial charge < -0.3 is 0 Å². The van der Waals surface area contributed by atoms with E-state index in [1.165, 1.54) is 16.8 Å². The maximum atomic E-state index is 13.8. The highest BCUT2D eigenvalue weighted by Crippen LogP contribution is 2.31. The summed E-state index contributed by atoms with van der Waals surface area (Å²) in [7, 11) is 1.67. The Labute approximate surface area is 120 Å². The minimum atomic E-state index is -0.525. The van der Waals surface area contributed by atoms with E-state index in [1.807, 2.05) is 0 Å². The van der Waals surface area contributed by atoms with E-state index in [0.29, 0.717) is 23.0 Å². The molecule has 2 heterocycles. The van der Waals surface area contributed by atoms with Crippen LogP contribution in [-0.4, -0.2) is 21.6 Å². The van der Waals surface area contributed by atoms with Crippen molar-refractivity contribution in [1.29, 1.82) is 0 Å². The molecule has 1 fully saturated rings. The number of terminal acetylenes is 1. The molecule has 1 aliphatic heterocycles. The number of rotatable bonds is 1. The van der Waals surface area contributed by atoms with Crippen LogP contribution in [0.25, 0.3) is 10.9 Å². The largest absolute Gasteiger partial charge is 0.296 e. The van der Waals surface area contributed by atoms with Crippen LogP contribution in [0.4, 0.5) is 4.39 Å². The van der Waals surface area contributed by atoms with Gasteiger partial charge in [-0.15, -0.1) is 6.42 Å². The second-order valence-electron chi connectivity index (χ2n) is 5.01. The number of imide groups is 1. The Morgan fingerprint density at radius 3 is 2.90 bits per heavy atom. The molecule has 0 aliphatic carbocycles. The van der Waals surface area contributed by atoms with Gasteiger partial charge in [0.1, 0.15) is 5.82 Å². The Balaban J connectivity index is 2.17. The van der Waals surface area contributed by atoms with Gasteiger partial charge in [0, 0.05) is 24.9 Å². The van der Waals surface area contributed by atoms with E-state index in [9.17, 15) is 14.0 Å². The average molecular weight is 285 g/mol. The first-order chi connectivity index (χ1) is 10.0. The van der Waals surface area contributed by atoms with E-state index in [1.54, 1.807) is 7.05 Å². The SMILES string of the molecule is C#Cc1cc2c(C3CCC(=O)NC3=O)nn(C)c2cc1F. The van der Waals surface area contributed by atoms with Gasteiger partial charge in [0.25, 0.3) is 0 Å². The molecule has 0 radical (unpaired) electrons. The van der Waals surface area contributed by atoms with Crippen molar-refractivity contribution in [2.24, 2.45) is 7.05 Å². The van der Waals surface area contributed by atoms with Crippen LogP contribution in [0.15, 0.2) is 12.1 Å². The predicted octanol–water partition coefficient (Wildman–Crippen LogP) is 1.21. The molecule has 0 spiro atoms. The molecule has 0 bridgehead atoms. The van der Waals surface area contributed by atoms with Crippen molar-refractivity contribution < 1.29 is 14.0 Å². The van der Waals surface area contributed by atoms with Crippen LogP contribution in [0.2, 0.25) is 0 Å². The van der Waals surface area contributed by atoms with Crippen molar-refractivity contribution in [3.63, 3.8) is 0 Å². The molecule has 1 aromatic carbocycles. The van der Waals surface area contributed by atoms with Gasteiger partial charge >= 0.3 is 0 Å². The van der Waals surface area contributed by atoms with E-state index in [-0.39, 0.29) is 23.8 Å². The summed E-state index contributed by atoms with van der Waals surface area (Å²) in [5.74, 6) is 0.593. The summed E-state index contributed by atoms with van der Waals surface area (Å²) in [4.78, 5) is 23.2. The van der Waals surface area contributed by atoms with Crippen LogP contribution in [0.5, 0.6) is 0 Å². The smallest absolute Gasteiger partial charge is 0.235 e. The van der Waals surface area contributed by atoms with Gasteiger partial charge in [-0.1, -0.05) is 5.92 Å². The zero-order valence-electron chi connectivity index (χ0n) is 11.3. The molecule has 2 amide bonds. The summed E-state index contributed by atoms with van der Waals surface area (Å²) in [6.07, 6.45) is 5.93. The molecule has 0 saturated carbocycles. The molecule has 1 N–H and O–H groups in total. The second-order valence-corrected chi connectivity index (χ2v) is 5.01. The molecule has 5 nitrogen and oxygen atoms in total. The van der Waals surface area contributed by atoms with Crippen molar-refractivity contribution in [2.45, 2.75) is 18.8 Å². The summed E-state index contributed by atoms with van der Waals surface area (Å²) < 4.78 is 15.3. The molecule has 6 heteroatoms. The van der Waals surface area contributed by atoms with Crippen LogP contribution in [0.1, 0.15) is 30.0 Å². The minimum absolute atomic E-state index is 0.129. The lowest BCUT2D eigenvalue weighted by molar-refractivity contribution is -0.134. The fourth-order valence-electron chi connectivity index (χ4n) is 2.63. The summed E-state index contributed by atoms with van der Waals surface area (Å²) >= 11 is 0. The van der Waals surface area contributed by atoms with Crippen molar-refractivity contribution in [3.8, 4) is 12.3 Å². The van der Waals surface area contributed by atoms with Crippen LogP contribution in [0.3, 0.4) is 0 Å². The number of nitrogens with zero attached hydrogens (tertiary/aromatic N) is 2. The molecule has 21 heavy (non-hydrogen) atoms. The first-order valence-corrected chi connectivity index (χ1v) is 6.47. The van der Waals surface area contributed by atoms with Crippen molar-refractivity contribution in [3.05, 3.63) is 29.2 Å². The van der Waals surface area contributed by atoms with Gasteiger partial charge in [0.2, 0.25) is 11.8 Å². The van der Waals surface area contributed by atoms with Gasteiger partial charge in [-0.3, -0.25) is 19.6 Å². The second kappa shape index (κ2) is 4.70. The van der Waals surface area contributed by atoms with E-state index in [4.69, 9.17) is 6.42 Å². The number of amides is 2. The highest BCUT2D eigenvalue weighted by Gasteiger charge is 2.31. The molecule has 106 valence electrons. The Hall–Kier alpha value is -2.68. The average Bonchev–Trinajstić information content (AvgIpc) is 2.74. The molecule has 3 rings (SSSR count). The molecular weight excluding hydrogens is 273 g/mol. The van der Waals surface area contributed by atoms with Gasteiger partial charge in [0.15, 0.2) is 0 Å². The van der Waals surface area contributed by atoms with Crippen LogP contribution in [0, 0.1) is 18.2 Å². The Kier molecular flexibility index (Phi) is 2.98. The number of carbonyl (C=O) groups excluding carboxylic acids is 2. The van der Waals surface area contributed by atoms with E-state index in [0.717, 1.165) is 0 Å². The Bertz CT molecular complexity index is 816. The van der Waals surface area contributed by atoms with Crippen molar-refractivity contribution in [1.82, 2.24) is 15.1 Å². The number of hydrogen-bond donors (Lipinski definition) is 1. The number of fused-ring (bicyclic) bond motifs is 1. The summed E-state index contributed by atoms with van der Waals surface area (Å²) in [6, 6.07) is 2.84. The van der Waals surface area contributed by atoms with Crippen LogP contribution in [-0.2, 0) is 16.6 Å². The standard InChI is InChI=1S/C15H12FN3O2/c1-3-8-6-10-12(7-11(8)16)19(2)18-14(10)9-4-5-13(20)17-15(9)21/h1,6-7,9H,4-5H2,2H3,(H,17,20,21). The highest BCUT2D eigenvalue weighted by atomic mass is 19.1. The predicted molar refractivity (Wildman–Crippen MR) is 73.7 cm³/mol. The van der Waals surface area contributed by atoms with E-state index >= 15 is 0 Å². The number of hydrogen-bond acceptors (Lipinski definition) is 3. The molecular formula is C15H12FN3O2. The maximum Gasteiger partial charge on any atom is 0.235 e. The number of nitrogens with one attached hydrogen (secondary N) is 1. The third kappa shape index (κ3) is 2.07. The molecule has 1 saturated heterocycles. The van der Waals surface area contributed by atoms with Crippen molar-refractivity contribution in [2.75, 3.05) is 0 Å². The third-order valence-electron chi connectivity index (χ3n) is 3.69. The van der Waals surface area contributed by atoms with Gasteiger partial charge in [-0.25, -0.2) is 4.39 Å². The zero-order chi connectivity index (χ0) is 15.1. The lowest BCUT2D eigenvalue weighted by atomic mass is 9.92. The fraction of sp³-hybridized carbons (Fsp3) is 0.267. The lowest BCUT2D eigenvalue weighted by Crippen LogP contribution is -2.39. The number of halogens is 1. The lowest BCUT2D eigenvalue weighted by Gasteiger charge is -2.19. The quantitative estimate of drug-likeness (QED) is 0.633. The summed E-state index contributed by atoms with van der Waals surface area (Å²) in [5, 5.41) is 7.26. The topological polar surface area (TPSA) is 64.0 Å². The molecule has 1 aliphatic rings. The first-order valence-electron chi connectivity index (χ1n) is 6.47. The normalized spacial score (nSPS) is 18.6. The number of aromatic nitrogens is 2. The first kappa shape index (κ1) is 13.3. The number of benzene rings is 1. The van der Waals surface area contributed by atoms with E-state index < -0.39 is 11.7 Å². The van der Waals surface area contributed by atoms with Gasteiger partial charge in [-0.05, 0) is 12.5 Å². The zero-order valence-corrected chi connectivity index (χ0v) is 11.3. The number of carbonyl (C=O) groups is 2. The Morgan fingerprint density at radius 1 is 1.48 bits per heavy atom.